The van der Waals surface area contributed by atoms with Gasteiger partial charge in [-0.15, -0.1) is 0 Å². The van der Waals surface area contributed by atoms with E-state index in [0.29, 0.717) is 5.56 Å². The lowest BCUT2D eigenvalue weighted by atomic mass is 10.1. The van der Waals surface area contributed by atoms with Gasteiger partial charge in [-0.1, -0.05) is 30.3 Å². The zero-order valence-corrected chi connectivity index (χ0v) is 7.62. The zero-order valence-electron chi connectivity index (χ0n) is 6.81. The molecule has 1 aromatic heterocycles. The molecular formula is C10H7NOS. The molecule has 64 valence electrons. The Kier molecular flexibility index (Phi) is 2.19. The first-order valence-corrected chi connectivity index (χ1v) is 4.70. The minimum atomic E-state index is 0.663. The lowest BCUT2D eigenvalue weighted by molar-refractivity contribution is 0.112. The minimum Gasteiger partial charge on any atom is -0.298 e. The highest BCUT2D eigenvalue weighted by molar-refractivity contribution is 7.04. The number of hydrogen-bond donors (Lipinski definition) is 0. The first-order chi connectivity index (χ1) is 6.42. The summed E-state index contributed by atoms with van der Waals surface area (Å²) in [7, 11) is 0. The van der Waals surface area contributed by atoms with Crippen molar-refractivity contribution in [3.05, 3.63) is 41.3 Å². The predicted octanol–water partition coefficient (Wildman–Crippen LogP) is 2.62. The topological polar surface area (TPSA) is 30.0 Å². The first kappa shape index (κ1) is 8.13. The Balaban J connectivity index is 2.52. The molecule has 0 aliphatic heterocycles. The fourth-order valence-electron chi connectivity index (χ4n) is 1.14. The Morgan fingerprint density at radius 1 is 1.23 bits per heavy atom. The Labute approximate surface area is 80.0 Å². The second-order valence-corrected chi connectivity index (χ2v) is 3.23. The van der Waals surface area contributed by atoms with Crippen LogP contribution in [0.3, 0.4) is 0 Å². The average molecular weight is 189 g/mol. The van der Waals surface area contributed by atoms with E-state index in [1.807, 2.05) is 30.3 Å². The second-order valence-electron chi connectivity index (χ2n) is 2.60. The van der Waals surface area contributed by atoms with Crippen molar-refractivity contribution in [2.75, 3.05) is 0 Å². The average Bonchev–Trinajstić information content (AvgIpc) is 2.67. The minimum absolute atomic E-state index is 0.663. The summed E-state index contributed by atoms with van der Waals surface area (Å²) in [5.41, 5.74) is 2.43. The summed E-state index contributed by atoms with van der Waals surface area (Å²) >= 11 is 1.30. The molecule has 2 nitrogen and oxygen atoms in total. The third-order valence-electron chi connectivity index (χ3n) is 1.77. The number of hydrogen-bond acceptors (Lipinski definition) is 3. The predicted molar refractivity (Wildman–Crippen MR) is 52.9 cm³/mol. The summed E-state index contributed by atoms with van der Waals surface area (Å²) in [5, 5.41) is 1.76. The molecule has 0 fully saturated rings. The normalized spacial score (nSPS) is 9.85. The van der Waals surface area contributed by atoms with Gasteiger partial charge in [0.15, 0.2) is 6.29 Å². The van der Waals surface area contributed by atoms with Gasteiger partial charge in [-0.05, 0) is 11.5 Å². The van der Waals surface area contributed by atoms with Crippen molar-refractivity contribution in [3.63, 3.8) is 0 Å². The van der Waals surface area contributed by atoms with Crippen LogP contribution in [-0.4, -0.2) is 10.7 Å². The van der Waals surface area contributed by atoms with E-state index >= 15 is 0 Å². The maximum Gasteiger partial charge on any atom is 0.153 e. The van der Waals surface area contributed by atoms with Gasteiger partial charge >= 0.3 is 0 Å². The molecule has 0 saturated carbocycles. The summed E-state index contributed by atoms with van der Waals surface area (Å²) in [4.78, 5) is 10.6. The van der Waals surface area contributed by atoms with Crippen LogP contribution in [0.4, 0.5) is 0 Å². The van der Waals surface area contributed by atoms with Crippen LogP contribution in [0.15, 0.2) is 35.7 Å². The van der Waals surface area contributed by atoms with E-state index in [0.717, 1.165) is 17.5 Å². The van der Waals surface area contributed by atoms with Gasteiger partial charge in [0.05, 0.1) is 11.3 Å². The smallest absolute Gasteiger partial charge is 0.153 e. The molecule has 0 unspecified atom stereocenters. The molecule has 0 atom stereocenters. The third-order valence-corrected chi connectivity index (χ3v) is 2.42. The number of carbonyl (C=O) groups is 1. The van der Waals surface area contributed by atoms with Crippen LogP contribution in [0.25, 0.3) is 11.3 Å². The van der Waals surface area contributed by atoms with Crippen molar-refractivity contribution in [1.82, 2.24) is 4.37 Å². The molecule has 0 radical (unpaired) electrons. The van der Waals surface area contributed by atoms with Crippen LogP contribution in [0.1, 0.15) is 10.4 Å². The van der Waals surface area contributed by atoms with E-state index < -0.39 is 0 Å². The van der Waals surface area contributed by atoms with Crippen LogP contribution < -0.4 is 0 Å². The second kappa shape index (κ2) is 3.49. The molecule has 1 aromatic carbocycles. The number of aldehydes is 1. The monoisotopic (exact) mass is 189 g/mol. The SMILES string of the molecule is O=Cc1csnc1-c1ccccc1. The summed E-state index contributed by atoms with van der Waals surface area (Å²) in [6.07, 6.45) is 0.839. The zero-order chi connectivity index (χ0) is 9.10. The quantitative estimate of drug-likeness (QED) is 0.680. The molecule has 1 heterocycles. The standard InChI is InChI=1S/C10H7NOS/c12-6-9-7-13-11-10(9)8-4-2-1-3-5-8/h1-7H. The highest BCUT2D eigenvalue weighted by Gasteiger charge is 2.05. The van der Waals surface area contributed by atoms with Gasteiger partial charge in [0.1, 0.15) is 0 Å². The molecule has 3 heteroatoms. The van der Waals surface area contributed by atoms with Gasteiger partial charge in [0, 0.05) is 10.9 Å². The van der Waals surface area contributed by atoms with Gasteiger partial charge in [0.25, 0.3) is 0 Å². The molecule has 0 N–H and O–H groups in total. The van der Waals surface area contributed by atoms with Crippen LogP contribution in [-0.2, 0) is 0 Å². The fraction of sp³-hybridized carbons (Fsp3) is 0. The molecule has 0 aliphatic carbocycles. The Morgan fingerprint density at radius 2 is 2.00 bits per heavy atom. The van der Waals surface area contributed by atoms with E-state index in [2.05, 4.69) is 4.37 Å². The molecule has 0 aliphatic rings. The molecule has 2 rings (SSSR count). The lowest BCUT2D eigenvalue weighted by Crippen LogP contribution is -1.82. The van der Waals surface area contributed by atoms with Crippen LogP contribution in [0.5, 0.6) is 0 Å². The van der Waals surface area contributed by atoms with E-state index in [4.69, 9.17) is 0 Å². The van der Waals surface area contributed by atoms with Crippen molar-refractivity contribution in [2.24, 2.45) is 0 Å². The third kappa shape index (κ3) is 1.51. The largest absolute Gasteiger partial charge is 0.298 e. The van der Waals surface area contributed by atoms with Gasteiger partial charge in [-0.2, -0.15) is 4.37 Å². The molecule has 0 bridgehead atoms. The Bertz CT molecular complexity index is 408. The number of rotatable bonds is 2. The first-order valence-electron chi connectivity index (χ1n) is 3.87. The Morgan fingerprint density at radius 3 is 2.69 bits per heavy atom. The summed E-state index contributed by atoms with van der Waals surface area (Å²) < 4.78 is 4.17. The van der Waals surface area contributed by atoms with E-state index in [1.54, 1.807) is 5.38 Å². The highest BCUT2D eigenvalue weighted by atomic mass is 32.1. The summed E-state index contributed by atoms with van der Waals surface area (Å²) in [6, 6.07) is 9.70. The number of aromatic nitrogens is 1. The maximum atomic E-state index is 10.6. The van der Waals surface area contributed by atoms with E-state index in [1.165, 1.54) is 11.5 Å². The molecule has 0 spiro atoms. The summed E-state index contributed by atoms with van der Waals surface area (Å²) in [5.74, 6) is 0. The maximum absolute atomic E-state index is 10.6. The van der Waals surface area contributed by atoms with Crippen molar-refractivity contribution in [1.29, 1.82) is 0 Å². The Hall–Kier alpha value is -1.48. The van der Waals surface area contributed by atoms with E-state index in [-0.39, 0.29) is 0 Å². The molecular weight excluding hydrogens is 182 g/mol. The molecule has 0 amide bonds. The van der Waals surface area contributed by atoms with Crippen LogP contribution in [0, 0.1) is 0 Å². The number of nitrogens with zero attached hydrogens (tertiary/aromatic N) is 1. The van der Waals surface area contributed by atoms with Gasteiger partial charge < -0.3 is 0 Å². The van der Waals surface area contributed by atoms with Crippen LogP contribution >= 0.6 is 11.5 Å². The van der Waals surface area contributed by atoms with E-state index in [9.17, 15) is 4.79 Å². The van der Waals surface area contributed by atoms with Gasteiger partial charge in [-0.3, -0.25) is 4.79 Å². The van der Waals surface area contributed by atoms with Crippen molar-refractivity contribution < 1.29 is 4.79 Å². The molecule has 13 heavy (non-hydrogen) atoms. The number of carbonyl (C=O) groups excluding carboxylic acids is 1. The number of benzene rings is 1. The van der Waals surface area contributed by atoms with Crippen molar-refractivity contribution in [2.45, 2.75) is 0 Å². The molecule has 2 aromatic rings. The summed E-state index contributed by atoms with van der Waals surface area (Å²) in [6.45, 7) is 0. The fourth-order valence-corrected chi connectivity index (χ4v) is 1.79. The van der Waals surface area contributed by atoms with Gasteiger partial charge in [0.2, 0.25) is 0 Å². The molecule has 0 saturated heterocycles. The lowest BCUT2D eigenvalue weighted by Gasteiger charge is -1.95. The van der Waals surface area contributed by atoms with Crippen molar-refractivity contribution in [3.8, 4) is 11.3 Å². The van der Waals surface area contributed by atoms with Crippen LogP contribution in [0.2, 0.25) is 0 Å². The van der Waals surface area contributed by atoms with Crippen molar-refractivity contribution >= 4 is 17.8 Å². The highest BCUT2D eigenvalue weighted by Crippen LogP contribution is 2.21. The van der Waals surface area contributed by atoms with Gasteiger partial charge in [-0.25, -0.2) is 0 Å².